The molecule has 0 bridgehead atoms. The third-order valence-electron chi connectivity index (χ3n) is 8.14. The number of rotatable bonds is 6. The molecule has 1 aromatic carbocycles. The van der Waals surface area contributed by atoms with Crippen molar-refractivity contribution in [2.24, 2.45) is 0 Å². The summed E-state index contributed by atoms with van der Waals surface area (Å²) in [4.78, 5) is 36.9. The minimum atomic E-state index is -0.878. The van der Waals surface area contributed by atoms with Gasteiger partial charge in [-0.25, -0.2) is 13.8 Å². The fourth-order valence-electron chi connectivity index (χ4n) is 6.01. The van der Waals surface area contributed by atoms with Crippen molar-refractivity contribution >= 4 is 35.1 Å². The van der Waals surface area contributed by atoms with E-state index >= 15 is 8.78 Å². The third-order valence-corrected chi connectivity index (χ3v) is 8.53. The predicted octanol–water partition coefficient (Wildman–Crippen LogP) is 6.48. The molecule has 2 amide bonds. The van der Waals surface area contributed by atoms with Crippen LogP contribution in [0.15, 0.2) is 49.2 Å². The van der Waals surface area contributed by atoms with Gasteiger partial charge in [-0.05, 0) is 73.1 Å². The number of amides is 2. The van der Waals surface area contributed by atoms with Gasteiger partial charge in [-0.3, -0.25) is 19.1 Å². The number of aromatic hydroxyl groups is 1. The smallest absolute Gasteiger partial charge is 0.254 e. The Morgan fingerprint density at radius 2 is 1.89 bits per heavy atom. The van der Waals surface area contributed by atoms with Crippen LogP contribution in [0.1, 0.15) is 65.7 Å². The van der Waals surface area contributed by atoms with Crippen LogP contribution in [0.3, 0.4) is 0 Å². The third kappa shape index (κ3) is 5.25. The highest BCUT2D eigenvalue weighted by Crippen LogP contribution is 2.41. The second kappa shape index (κ2) is 12.2. The van der Waals surface area contributed by atoms with Crippen LogP contribution in [0, 0.1) is 23.2 Å². The number of nitrogens with zero attached hydrogens (tertiary/aromatic N) is 4. The molecule has 1 aliphatic heterocycles. The SMILES string of the molecule is C=CC(=O)N1CCC(c2c(C(=O)NC)c(=S)n(-c3c(C)ccnc3C(C)C)c3nc(-c4c(O)cccc4F)c(F)cc23)CC1. The van der Waals surface area contributed by atoms with Crippen LogP contribution in [0.5, 0.6) is 5.75 Å². The van der Waals surface area contributed by atoms with Gasteiger partial charge in [-0.15, -0.1) is 0 Å². The summed E-state index contributed by atoms with van der Waals surface area (Å²) in [6.45, 7) is 10.2. The quantitative estimate of drug-likeness (QED) is 0.190. The molecule has 228 valence electrons. The first-order chi connectivity index (χ1) is 21.0. The molecule has 2 N–H and O–H groups in total. The summed E-state index contributed by atoms with van der Waals surface area (Å²) in [6.07, 6.45) is 3.92. The van der Waals surface area contributed by atoms with Crippen LogP contribution < -0.4 is 5.32 Å². The van der Waals surface area contributed by atoms with E-state index in [1.807, 2.05) is 26.8 Å². The first kappa shape index (κ1) is 30.9. The first-order valence-electron chi connectivity index (χ1n) is 14.4. The number of nitrogens with one attached hydrogen (secondary N) is 1. The summed E-state index contributed by atoms with van der Waals surface area (Å²) in [7, 11) is 1.50. The van der Waals surface area contributed by atoms with Crippen molar-refractivity contribution in [3.8, 4) is 22.7 Å². The summed E-state index contributed by atoms with van der Waals surface area (Å²) in [5.74, 6) is -3.17. The maximum atomic E-state index is 16.1. The highest BCUT2D eigenvalue weighted by molar-refractivity contribution is 7.71. The minimum absolute atomic E-state index is 0.0627. The molecule has 0 atom stereocenters. The lowest BCUT2D eigenvalue weighted by Crippen LogP contribution is -2.37. The van der Waals surface area contributed by atoms with Gasteiger partial charge in [0.05, 0.1) is 22.5 Å². The minimum Gasteiger partial charge on any atom is -0.507 e. The highest BCUT2D eigenvalue weighted by atomic mass is 32.1. The number of piperidine rings is 1. The van der Waals surface area contributed by atoms with Crippen molar-refractivity contribution in [2.75, 3.05) is 20.1 Å². The van der Waals surface area contributed by atoms with Crippen molar-refractivity contribution < 1.29 is 23.5 Å². The van der Waals surface area contributed by atoms with Crippen molar-refractivity contribution in [2.45, 2.75) is 45.4 Å². The van der Waals surface area contributed by atoms with Crippen LogP contribution in [0.4, 0.5) is 8.78 Å². The topological polar surface area (TPSA) is 100 Å². The molecular weight excluding hydrogens is 584 g/mol. The van der Waals surface area contributed by atoms with Crippen molar-refractivity contribution in [1.29, 1.82) is 0 Å². The molecule has 0 spiro atoms. The summed E-state index contributed by atoms with van der Waals surface area (Å²) < 4.78 is 32.9. The summed E-state index contributed by atoms with van der Waals surface area (Å²) in [5.41, 5.74) is 2.17. The molecule has 3 aromatic heterocycles. The van der Waals surface area contributed by atoms with Crippen LogP contribution in [-0.2, 0) is 4.79 Å². The van der Waals surface area contributed by atoms with E-state index in [-0.39, 0.29) is 39.2 Å². The van der Waals surface area contributed by atoms with E-state index in [1.165, 1.54) is 31.3 Å². The predicted molar refractivity (Wildman–Crippen MR) is 168 cm³/mol. The van der Waals surface area contributed by atoms with Gasteiger partial charge >= 0.3 is 0 Å². The largest absolute Gasteiger partial charge is 0.507 e. The van der Waals surface area contributed by atoms with Gasteiger partial charge in [0.15, 0.2) is 5.82 Å². The number of benzene rings is 1. The number of likely N-dealkylation sites (tertiary alicyclic amines) is 1. The molecule has 4 heterocycles. The van der Waals surface area contributed by atoms with E-state index in [0.29, 0.717) is 48.3 Å². The maximum Gasteiger partial charge on any atom is 0.254 e. The van der Waals surface area contributed by atoms with Crippen molar-refractivity contribution in [1.82, 2.24) is 24.8 Å². The van der Waals surface area contributed by atoms with E-state index < -0.39 is 29.0 Å². The second-order valence-electron chi connectivity index (χ2n) is 11.2. The summed E-state index contributed by atoms with van der Waals surface area (Å²) in [6, 6.07) is 6.74. The van der Waals surface area contributed by atoms with Gasteiger partial charge in [0.1, 0.15) is 27.5 Å². The van der Waals surface area contributed by atoms with Gasteiger partial charge in [0, 0.05) is 31.7 Å². The van der Waals surface area contributed by atoms with Crippen molar-refractivity contribution in [3.05, 3.63) is 87.8 Å². The van der Waals surface area contributed by atoms with Crippen LogP contribution in [0.25, 0.3) is 28.0 Å². The van der Waals surface area contributed by atoms with Gasteiger partial charge in [0.2, 0.25) is 5.91 Å². The molecule has 11 heteroatoms. The molecule has 1 fully saturated rings. The molecule has 44 heavy (non-hydrogen) atoms. The van der Waals surface area contributed by atoms with Crippen LogP contribution in [0.2, 0.25) is 0 Å². The standard InChI is InChI=1S/C33H33F2N5O3S/c1-6-24(42)39-14-11-19(12-15-39)25-20-16-22(35)29(26-21(34)8-7-9-23(26)41)38-31(20)40(33(44)27(25)32(43)36-5)30-18(4)10-13-37-28(30)17(2)3/h6-10,13,16-17,19,41H,1,11-12,14-15H2,2-5H3,(H,36,43). The fraction of sp³-hybridized carbons (Fsp3) is 0.303. The Balaban J connectivity index is 1.93. The number of hydrogen-bond donors (Lipinski definition) is 2. The Kier molecular flexibility index (Phi) is 8.60. The normalized spacial score (nSPS) is 13.8. The number of phenolic OH excluding ortho intramolecular Hbond substituents is 1. The number of phenols is 1. The maximum absolute atomic E-state index is 16.1. The number of aryl methyl sites for hydroxylation is 1. The molecule has 1 saturated heterocycles. The number of aromatic nitrogens is 3. The Bertz CT molecular complexity index is 1860. The molecular formula is C33H33F2N5O3S. The molecule has 1 aliphatic rings. The zero-order valence-electron chi connectivity index (χ0n) is 24.9. The lowest BCUT2D eigenvalue weighted by Gasteiger charge is -2.33. The fourth-order valence-corrected chi connectivity index (χ4v) is 6.39. The average molecular weight is 618 g/mol. The van der Waals surface area contributed by atoms with E-state index in [4.69, 9.17) is 12.2 Å². The lowest BCUT2D eigenvalue weighted by molar-refractivity contribution is -0.127. The van der Waals surface area contributed by atoms with Gasteiger partial charge in [0.25, 0.3) is 5.91 Å². The Morgan fingerprint density at radius 1 is 1.18 bits per heavy atom. The van der Waals surface area contributed by atoms with Gasteiger partial charge in [-0.1, -0.05) is 38.7 Å². The number of halogens is 2. The number of hydrogen-bond acceptors (Lipinski definition) is 6. The molecule has 8 nitrogen and oxygen atoms in total. The van der Waals surface area contributed by atoms with Gasteiger partial charge < -0.3 is 15.3 Å². The molecule has 0 radical (unpaired) electrons. The van der Waals surface area contributed by atoms with Crippen molar-refractivity contribution in [3.63, 3.8) is 0 Å². The van der Waals surface area contributed by atoms with Crippen LogP contribution in [-0.4, -0.2) is 56.5 Å². The molecule has 0 unspecified atom stereocenters. The monoisotopic (exact) mass is 617 g/mol. The zero-order chi connectivity index (χ0) is 31.9. The molecule has 0 saturated carbocycles. The van der Waals surface area contributed by atoms with Gasteiger partial charge in [-0.2, -0.15) is 0 Å². The Hall–Kier alpha value is -4.51. The number of fused-ring (bicyclic) bond motifs is 1. The summed E-state index contributed by atoms with van der Waals surface area (Å²) in [5, 5.41) is 13.6. The van der Waals surface area contributed by atoms with Crippen LogP contribution >= 0.6 is 12.2 Å². The highest BCUT2D eigenvalue weighted by Gasteiger charge is 2.32. The van der Waals surface area contributed by atoms with E-state index in [0.717, 1.165) is 11.6 Å². The average Bonchev–Trinajstić information content (AvgIpc) is 3.00. The Labute approximate surface area is 259 Å². The lowest BCUT2D eigenvalue weighted by atomic mass is 9.84. The molecule has 5 rings (SSSR count). The number of carbonyl (C=O) groups is 2. The zero-order valence-corrected chi connectivity index (χ0v) is 25.8. The second-order valence-corrected chi connectivity index (χ2v) is 11.5. The first-order valence-corrected chi connectivity index (χ1v) is 14.8. The number of pyridine rings is 3. The van der Waals surface area contributed by atoms with E-state index in [9.17, 15) is 14.7 Å². The van der Waals surface area contributed by atoms with E-state index in [2.05, 4.69) is 21.9 Å². The Morgan fingerprint density at radius 3 is 2.50 bits per heavy atom. The molecule has 0 aliphatic carbocycles. The molecule has 4 aromatic rings. The van der Waals surface area contributed by atoms with E-state index in [1.54, 1.807) is 15.7 Å². The summed E-state index contributed by atoms with van der Waals surface area (Å²) >= 11 is 6.07. The number of carbonyl (C=O) groups excluding carboxylic acids is 2.